The van der Waals surface area contributed by atoms with E-state index in [4.69, 9.17) is 0 Å². The van der Waals surface area contributed by atoms with Crippen LogP contribution in [-0.4, -0.2) is 36.1 Å². The van der Waals surface area contributed by atoms with Crippen LogP contribution in [0.3, 0.4) is 0 Å². The second kappa shape index (κ2) is 4.19. The van der Waals surface area contributed by atoms with E-state index in [1.54, 1.807) is 0 Å². The van der Waals surface area contributed by atoms with Crippen molar-refractivity contribution < 1.29 is 0 Å². The van der Waals surface area contributed by atoms with Gasteiger partial charge in [0.15, 0.2) is 0 Å². The molecule has 2 aliphatic heterocycles. The van der Waals surface area contributed by atoms with Gasteiger partial charge in [0, 0.05) is 24.7 Å². The molecule has 0 bridgehead atoms. The number of rotatable bonds is 2. The first-order valence-electron chi connectivity index (χ1n) is 6.21. The third kappa shape index (κ3) is 1.82. The van der Waals surface area contributed by atoms with Gasteiger partial charge < -0.3 is 5.32 Å². The largest absolute Gasteiger partial charge is 0.313 e. The second-order valence-corrected chi connectivity index (χ2v) is 5.20. The van der Waals surface area contributed by atoms with Gasteiger partial charge in [0.2, 0.25) is 0 Å². The molecule has 4 unspecified atom stereocenters. The zero-order valence-corrected chi connectivity index (χ0v) is 9.79. The smallest absolute Gasteiger partial charge is 0.0261 e. The Balaban J connectivity index is 2.01. The Morgan fingerprint density at radius 2 is 2.14 bits per heavy atom. The third-order valence-corrected chi connectivity index (χ3v) is 4.05. The van der Waals surface area contributed by atoms with E-state index in [9.17, 15) is 0 Å². The Kier molecular flexibility index (Phi) is 3.13. The average Bonchev–Trinajstić information content (AvgIpc) is 2.71. The molecule has 0 aromatic carbocycles. The van der Waals surface area contributed by atoms with Gasteiger partial charge in [-0.2, -0.15) is 0 Å². The van der Waals surface area contributed by atoms with Gasteiger partial charge in [-0.05, 0) is 38.6 Å². The predicted octanol–water partition coefficient (Wildman–Crippen LogP) is 1.86. The maximum absolute atomic E-state index is 3.56. The second-order valence-electron chi connectivity index (χ2n) is 5.20. The summed E-state index contributed by atoms with van der Waals surface area (Å²) in [7, 11) is 0. The molecule has 0 radical (unpaired) electrons. The van der Waals surface area contributed by atoms with Gasteiger partial charge in [-0.1, -0.05) is 13.8 Å². The zero-order chi connectivity index (χ0) is 10.1. The van der Waals surface area contributed by atoms with E-state index in [0.717, 1.165) is 18.0 Å². The summed E-state index contributed by atoms with van der Waals surface area (Å²) in [5, 5.41) is 3.56. The van der Waals surface area contributed by atoms with E-state index in [1.165, 1.54) is 32.4 Å². The highest BCUT2D eigenvalue weighted by Crippen LogP contribution is 2.30. The van der Waals surface area contributed by atoms with E-state index in [-0.39, 0.29) is 0 Å². The molecule has 82 valence electrons. The fourth-order valence-corrected chi connectivity index (χ4v) is 3.29. The lowest BCUT2D eigenvalue weighted by Crippen LogP contribution is -2.44. The molecule has 0 aromatic heterocycles. The fraction of sp³-hybridized carbons (Fsp3) is 1.00. The molecular weight excluding hydrogens is 172 g/mol. The van der Waals surface area contributed by atoms with E-state index in [2.05, 4.69) is 31.0 Å². The lowest BCUT2D eigenvalue weighted by atomic mass is 10.1. The Labute approximate surface area is 88.1 Å². The molecule has 14 heavy (non-hydrogen) atoms. The molecule has 0 amide bonds. The van der Waals surface area contributed by atoms with Gasteiger partial charge in [-0.25, -0.2) is 0 Å². The highest BCUT2D eigenvalue weighted by molar-refractivity contribution is 4.94. The topological polar surface area (TPSA) is 15.3 Å². The molecule has 2 aliphatic rings. The van der Waals surface area contributed by atoms with E-state index in [0.29, 0.717) is 6.04 Å². The zero-order valence-electron chi connectivity index (χ0n) is 9.79. The highest BCUT2D eigenvalue weighted by atomic mass is 15.2. The summed E-state index contributed by atoms with van der Waals surface area (Å²) in [6.07, 6.45) is 4.09. The van der Waals surface area contributed by atoms with Gasteiger partial charge in [0.1, 0.15) is 0 Å². The van der Waals surface area contributed by atoms with Crippen LogP contribution in [0.15, 0.2) is 0 Å². The molecule has 1 N–H and O–H groups in total. The molecule has 2 saturated heterocycles. The SMILES string of the molecule is CCC1CC(C)CN1C1CCNC1C. The molecule has 0 spiro atoms. The lowest BCUT2D eigenvalue weighted by Gasteiger charge is -2.32. The van der Waals surface area contributed by atoms with Crippen LogP contribution in [0.4, 0.5) is 0 Å². The Hall–Kier alpha value is -0.0800. The molecular formula is C12H24N2. The van der Waals surface area contributed by atoms with Crippen LogP contribution in [0, 0.1) is 5.92 Å². The third-order valence-electron chi connectivity index (χ3n) is 4.05. The van der Waals surface area contributed by atoms with Crippen molar-refractivity contribution in [3.63, 3.8) is 0 Å². The van der Waals surface area contributed by atoms with Crippen molar-refractivity contribution in [3.8, 4) is 0 Å². The number of nitrogens with zero attached hydrogens (tertiary/aromatic N) is 1. The standard InChI is InChI=1S/C12H24N2/c1-4-11-7-9(2)8-14(11)12-5-6-13-10(12)3/h9-13H,4-8H2,1-3H3. The Morgan fingerprint density at radius 1 is 1.36 bits per heavy atom. The summed E-state index contributed by atoms with van der Waals surface area (Å²) in [6, 6.07) is 2.37. The van der Waals surface area contributed by atoms with Gasteiger partial charge in [-0.15, -0.1) is 0 Å². The van der Waals surface area contributed by atoms with Gasteiger partial charge in [-0.3, -0.25) is 4.90 Å². The van der Waals surface area contributed by atoms with Gasteiger partial charge in [0.25, 0.3) is 0 Å². The van der Waals surface area contributed by atoms with Crippen molar-refractivity contribution in [1.29, 1.82) is 0 Å². The van der Waals surface area contributed by atoms with Crippen LogP contribution in [0.1, 0.15) is 40.0 Å². The monoisotopic (exact) mass is 196 g/mol. The van der Waals surface area contributed by atoms with E-state index < -0.39 is 0 Å². The highest BCUT2D eigenvalue weighted by Gasteiger charge is 2.37. The summed E-state index contributed by atoms with van der Waals surface area (Å²) in [5.41, 5.74) is 0. The lowest BCUT2D eigenvalue weighted by molar-refractivity contribution is 0.164. The van der Waals surface area contributed by atoms with E-state index >= 15 is 0 Å². The van der Waals surface area contributed by atoms with Crippen molar-refractivity contribution in [1.82, 2.24) is 10.2 Å². The minimum atomic E-state index is 0.703. The van der Waals surface area contributed by atoms with Crippen LogP contribution in [0.5, 0.6) is 0 Å². The number of hydrogen-bond acceptors (Lipinski definition) is 2. The first-order valence-corrected chi connectivity index (χ1v) is 6.21. The number of likely N-dealkylation sites (tertiary alicyclic amines) is 1. The molecule has 0 saturated carbocycles. The first kappa shape index (κ1) is 10.4. The molecule has 2 heteroatoms. The molecule has 0 aromatic rings. The van der Waals surface area contributed by atoms with Crippen LogP contribution >= 0.6 is 0 Å². The summed E-state index contributed by atoms with van der Waals surface area (Å²) in [5.74, 6) is 0.910. The summed E-state index contributed by atoms with van der Waals surface area (Å²) in [4.78, 5) is 2.77. The molecule has 2 fully saturated rings. The average molecular weight is 196 g/mol. The molecule has 2 heterocycles. The molecule has 0 aliphatic carbocycles. The summed E-state index contributed by atoms with van der Waals surface area (Å²) in [6.45, 7) is 9.62. The van der Waals surface area contributed by atoms with Crippen molar-refractivity contribution in [2.75, 3.05) is 13.1 Å². The minimum absolute atomic E-state index is 0.703. The van der Waals surface area contributed by atoms with Crippen LogP contribution < -0.4 is 5.32 Å². The van der Waals surface area contributed by atoms with Crippen LogP contribution in [0.25, 0.3) is 0 Å². The van der Waals surface area contributed by atoms with Crippen molar-refractivity contribution in [2.24, 2.45) is 5.92 Å². The summed E-state index contributed by atoms with van der Waals surface area (Å²) >= 11 is 0. The van der Waals surface area contributed by atoms with Crippen molar-refractivity contribution >= 4 is 0 Å². The number of nitrogens with one attached hydrogen (secondary N) is 1. The number of hydrogen-bond donors (Lipinski definition) is 1. The molecule has 2 nitrogen and oxygen atoms in total. The maximum atomic E-state index is 3.56. The maximum Gasteiger partial charge on any atom is 0.0261 e. The fourth-order valence-electron chi connectivity index (χ4n) is 3.29. The van der Waals surface area contributed by atoms with Crippen LogP contribution in [-0.2, 0) is 0 Å². The summed E-state index contributed by atoms with van der Waals surface area (Å²) < 4.78 is 0. The normalized spacial score (nSPS) is 44.8. The Bertz CT molecular complexity index is 193. The van der Waals surface area contributed by atoms with Crippen LogP contribution in [0.2, 0.25) is 0 Å². The van der Waals surface area contributed by atoms with E-state index in [1.807, 2.05) is 0 Å². The predicted molar refractivity (Wildman–Crippen MR) is 60.4 cm³/mol. The first-order chi connectivity index (χ1) is 6.72. The Morgan fingerprint density at radius 3 is 2.71 bits per heavy atom. The van der Waals surface area contributed by atoms with Crippen molar-refractivity contribution in [3.05, 3.63) is 0 Å². The van der Waals surface area contributed by atoms with Crippen molar-refractivity contribution in [2.45, 2.75) is 58.2 Å². The molecule has 2 rings (SSSR count). The molecule has 4 atom stereocenters. The minimum Gasteiger partial charge on any atom is -0.313 e. The van der Waals surface area contributed by atoms with Gasteiger partial charge >= 0.3 is 0 Å². The quantitative estimate of drug-likeness (QED) is 0.725. The van der Waals surface area contributed by atoms with Gasteiger partial charge in [0.05, 0.1) is 0 Å².